The minimum atomic E-state index is 1.05. The number of aromatic nitrogens is 2. The van der Waals surface area contributed by atoms with Crippen molar-refractivity contribution >= 4 is 17.0 Å². The summed E-state index contributed by atoms with van der Waals surface area (Å²) in [5.41, 5.74) is 2.27. The Morgan fingerprint density at radius 1 is 1.31 bits per heavy atom. The molecule has 3 heteroatoms. The van der Waals surface area contributed by atoms with Gasteiger partial charge in [0.1, 0.15) is 0 Å². The summed E-state index contributed by atoms with van der Waals surface area (Å²) < 4.78 is 2.16. The molecule has 0 fully saturated rings. The average Bonchev–Trinajstić information content (AvgIpc) is 2.64. The number of aryl methyl sites for hydroxylation is 1. The summed E-state index contributed by atoms with van der Waals surface area (Å²) in [6.07, 6.45) is 2.42. The van der Waals surface area contributed by atoms with Crippen molar-refractivity contribution in [3.8, 4) is 0 Å². The van der Waals surface area contributed by atoms with Crippen molar-refractivity contribution in [3.63, 3.8) is 0 Å². The summed E-state index contributed by atoms with van der Waals surface area (Å²) in [4.78, 5) is 6.88. The zero-order valence-electron chi connectivity index (χ0n) is 10.3. The van der Waals surface area contributed by atoms with Crippen LogP contribution in [0.25, 0.3) is 11.0 Å². The summed E-state index contributed by atoms with van der Waals surface area (Å²) in [6, 6.07) is 8.26. The van der Waals surface area contributed by atoms with Gasteiger partial charge in [0, 0.05) is 20.6 Å². The number of unbranched alkanes of at least 4 members (excludes halogenated alkanes) is 1. The van der Waals surface area contributed by atoms with Crippen molar-refractivity contribution in [2.24, 2.45) is 7.05 Å². The lowest BCUT2D eigenvalue weighted by Gasteiger charge is -2.17. The van der Waals surface area contributed by atoms with Crippen molar-refractivity contribution in [1.82, 2.24) is 9.55 Å². The van der Waals surface area contributed by atoms with E-state index < -0.39 is 0 Å². The number of hydrogen-bond acceptors (Lipinski definition) is 2. The van der Waals surface area contributed by atoms with E-state index in [4.69, 9.17) is 0 Å². The lowest BCUT2D eigenvalue weighted by molar-refractivity contribution is 0.736. The van der Waals surface area contributed by atoms with Crippen LogP contribution < -0.4 is 4.90 Å². The second-order valence-electron chi connectivity index (χ2n) is 4.23. The van der Waals surface area contributed by atoms with Gasteiger partial charge < -0.3 is 9.47 Å². The van der Waals surface area contributed by atoms with Crippen LogP contribution in [-0.2, 0) is 7.05 Å². The van der Waals surface area contributed by atoms with Crippen LogP contribution in [0.3, 0.4) is 0 Å². The van der Waals surface area contributed by atoms with E-state index in [0.717, 1.165) is 18.0 Å². The van der Waals surface area contributed by atoms with Gasteiger partial charge in [-0.2, -0.15) is 0 Å². The molecule has 0 saturated heterocycles. The van der Waals surface area contributed by atoms with E-state index in [2.05, 4.69) is 53.7 Å². The molecule has 1 heterocycles. The molecule has 2 aromatic rings. The first kappa shape index (κ1) is 11.0. The maximum atomic E-state index is 4.65. The molecule has 0 aliphatic carbocycles. The van der Waals surface area contributed by atoms with Gasteiger partial charge in [0.2, 0.25) is 5.95 Å². The monoisotopic (exact) mass is 217 g/mol. The highest BCUT2D eigenvalue weighted by Crippen LogP contribution is 2.20. The SMILES string of the molecule is CCCCN(C)c1nc2ccccc2n1C. The fourth-order valence-electron chi connectivity index (χ4n) is 1.97. The molecule has 2 rings (SSSR count). The van der Waals surface area contributed by atoms with Crippen LogP contribution in [0.15, 0.2) is 24.3 Å². The summed E-state index contributed by atoms with van der Waals surface area (Å²) in [7, 11) is 4.18. The molecule has 0 atom stereocenters. The third-order valence-corrected chi connectivity index (χ3v) is 2.95. The fourth-order valence-corrected chi connectivity index (χ4v) is 1.97. The molecule has 16 heavy (non-hydrogen) atoms. The van der Waals surface area contributed by atoms with E-state index in [-0.39, 0.29) is 0 Å². The van der Waals surface area contributed by atoms with E-state index in [1.807, 2.05) is 6.07 Å². The molecule has 0 radical (unpaired) electrons. The largest absolute Gasteiger partial charge is 0.345 e. The van der Waals surface area contributed by atoms with Gasteiger partial charge in [0.05, 0.1) is 11.0 Å². The van der Waals surface area contributed by atoms with Gasteiger partial charge in [-0.25, -0.2) is 4.98 Å². The van der Waals surface area contributed by atoms with Crippen molar-refractivity contribution in [2.75, 3.05) is 18.5 Å². The lowest BCUT2D eigenvalue weighted by Crippen LogP contribution is -2.21. The fraction of sp³-hybridized carbons (Fsp3) is 0.462. The Balaban J connectivity index is 2.33. The van der Waals surface area contributed by atoms with Crippen molar-refractivity contribution in [1.29, 1.82) is 0 Å². The number of nitrogens with zero attached hydrogens (tertiary/aromatic N) is 3. The Kier molecular flexibility index (Phi) is 3.13. The third-order valence-electron chi connectivity index (χ3n) is 2.95. The quantitative estimate of drug-likeness (QED) is 0.785. The standard InChI is InChI=1S/C13H19N3/c1-4-5-10-15(2)13-14-11-8-6-7-9-12(11)16(13)3/h6-9H,4-5,10H2,1-3H3. The normalized spacial score (nSPS) is 10.9. The Bertz CT molecular complexity index is 473. The average molecular weight is 217 g/mol. The van der Waals surface area contributed by atoms with Gasteiger partial charge in [-0.1, -0.05) is 25.5 Å². The van der Waals surface area contributed by atoms with Crippen LogP contribution in [0, 0.1) is 0 Å². The van der Waals surface area contributed by atoms with Gasteiger partial charge in [-0.05, 0) is 18.6 Å². The third kappa shape index (κ3) is 1.90. The number of benzene rings is 1. The zero-order valence-corrected chi connectivity index (χ0v) is 10.3. The molecule has 0 bridgehead atoms. The van der Waals surface area contributed by atoms with Crippen LogP contribution >= 0.6 is 0 Å². The molecular weight excluding hydrogens is 198 g/mol. The number of para-hydroxylation sites is 2. The van der Waals surface area contributed by atoms with Gasteiger partial charge in [0.25, 0.3) is 0 Å². The first-order valence-corrected chi connectivity index (χ1v) is 5.86. The lowest BCUT2D eigenvalue weighted by atomic mass is 10.3. The second-order valence-corrected chi connectivity index (χ2v) is 4.23. The minimum absolute atomic E-state index is 1.05. The van der Waals surface area contributed by atoms with E-state index in [1.54, 1.807) is 0 Å². The number of hydrogen-bond donors (Lipinski definition) is 0. The van der Waals surface area contributed by atoms with Gasteiger partial charge in [-0.3, -0.25) is 0 Å². The zero-order chi connectivity index (χ0) is 11.5. The molecule has 0 spiro atoms. The van der Waals surface area contributed by atoms with E-state index in [9.17, 15) is 0 Å². The molecular formula is C13H19N3. The van der Waals surface area contributed by atoms with Gasteiger partial charge >= 0.3 is 0 Å². The van der Waals surface area contributed by atoms with Crippen LogP contribution in [0.1, 0.15) is 19.8 Å². The van der Waals surface area contributed by atoms with Gasteiger partial charge in [0.15, 0.2) is 0 Å². The summed E-state index contributed by atoms with van der Waals surface area (Å²) in [5.74, 6) is 1.05. The molecule has 3 nitrogen and oxygen atoms in total. The molecule has 0 amide bonds. The van der Waals surface area contributed by atoms with E-state index in [0.29, 0.717) is 0 Å². The molecule has 0 unspecified atom stereocenters. The molecule has 86 valence electrons. The number of fused-ring (bicyclic) bond motifs is 1. The summed E-state index contributed by atoms with van der Waals surface area (Å²) >= 11 is 0. The molecule has 0 N–H and O–H groups in total. The second kappa shape index (κ2) is 4.56. The smallest absolute Gasteiger partial charge is 0.206 e. The Morgan fingerprint density at radius 3 is 2.75 bits per heavy atom. The van der Waals surface area contributed by atoms with Crippen LogP contribution in [0.4, 0.5) is 5.95 Å². The first-order chi connectivity index (χ1) is 7.74. The van der Waals surface area contributed by atoms with Crippen LogP contribution in [0.5, 0.6) is 0 Å². The van der Waals surface area contributed by atoms with Crippen molar-refractivity contribution in [2.45, 2.75) is 19.8 Å². The van der Waals surface area contributed by atoms with Crippen LogP contribution in [-0.4, -0.2) is 23.1 Å². The summed E-state index contributed by atoms with van der Waals surface area (Å²) in [6.45, 7) is 3.27. The number of imidazole rings is 1. The molecule has 1 aromatic carbocycles. The maximum absolute atomic E-state index is 4.65. The highest BCUT2D eigenvalue weighted by atomic mass is 15.3. The Morgan fingerprint density at radius 2 is 2.06 bits per heavy atom. The number of anilines is 1. The maximum Gasteiger partial charge on any atom is 0.206 e. The highest BCUT2D eigenvalue weighted by Gasteiger charge is 2.10. The van der Waals surface area contributed by atoms with Crippen molar-refractivity contribution < 1.29 is 0 Å². The van der Waals surface area contributed by atoms with E-state index >= 15 is 0 Å². The topological polar surface area (TPSA) is 21.1 Å². The number of rotatable bonds is 4. The molecule has 0 aliphatic rings. The minimum Gasteiger partial charge on any atom is -0.345 e. The Labute approximate surface area is 96.7 Å². The summed E-state index contributed by atoms with van der Waals surface area (Å²) in [5, 5.41) is 0. The van der Waals surface area contributed by atoms with Gasteiger partial charge in [-0.15, -0.1) is 0 Å². The molecule has 0 aliphatic heterocycles. The molecule has 1 aromatic heterocycles. The highest BCUT2D eigenvalue weighted by molar-refractivity contribution is 5.78. The van der Waals surface area contributed by atoms with Crippen molar-refractivity contribution in [3.05, 3.63) is 24.3 Å². The van der Waals surface area contributed by atoms with Crippen LogP contribution in [0.2, 0.25) is 0 Å². The first-order valence-electron chi connectivity index (χ1n) is 5.86. The predicted octanol–water partition coefficient (Wildman–Crippen LogP) is 2.81. The predicted molar refractivity (Wildman–Crippen MR) is 68.9 cm³/mol. The van der Waals surface area contributed by atoms with E-state index in [1.165, 1.54) is 18.4 Å². The Hall–Kier alpha value is -1.51. The molecule has 0 saturated carbocycles.